The zero-order chi connectivity index (χ0) is 19.1. The molecule has 28 heavy (non-hydrogen) atoms. The minimum Gasteiger partial charge on any atom is -0.337 e. The molecule has 0 aliphatic rings. The van der Waals surface area contributed by atoms with Crippen molar-refractivity contribution in [2.24, 2.45) is 0 Å². The van der Waals surface area contributed by atoms with Crippen molar-refractivity contribution in [3.63, 3.8) is 0 Å². The molecule has 0 atom stereocenters. The lowest BCUT2D eigenvalue weighted by Gasteiger charge is -2.01. The van der Waals surface area contributed by atoms with Crippen LogP contribution in [0, 0.1) is 0 Å². The van der Waals surface area contributed by atoms with Crippen molar-refractivity contribution in [2.75, 3.05) is 0 Å². The fourth-order valence-electron chi connectivity index (χ4n) is 2.88. The maximum Gasteiger partial charge on any atom is 0.277 e. The lowest BCUT2D eigenvalue weighted by molar-refractivity contribution is 0.370. The van der Waals surface area contributed by atoms with Gasteiger partial charge < -0.3 is 9.09 Å². The molecular formula is C19H12BrN5O2S. The fourth-order valence-corrected chi connectivity index (χ4v) is 3.82. The van der Waals surface area contributed by atoms with E-state index in [0.29, 0.717) is 17.2 Å². The van der Waals surface area contributed by atoms with E-state index in [0.717, 1.165) is 20.6 Å². The molecule has 0 spiro atoms. The third-order valence-electron chi connectivity index (χ3n) is 4.25. The Hall–Kier alpha value is -3.04. The SMILES string of the molecule is O=c1c2cc(-c3cccs3)nn2ccn1Cc1nc(-c2ccc(Br)cc2)no1. The number of benzene rings is 1. The van der Waals surface area contributed by atoms with Crippen LogP contribution in [0.1, 0.15) is 5.89 Å². The molecule has 9 heteroatoms. The van der Waals surface area contributed by atoms with Crippen molar-refractivity contribution in [1.82, 2.24) is 24.3 Å². The Labute approximate surface area is 171 Å². The maximum absolute atomic E-state index is 12.8. The van der Waals surface area contributed by atoms with Crippen LogP contribution in [0.4, 0.5) is 0 Å². The molecule has 5 rings (SSSR count). The average Bonchev–Trinajstić information content (AvgIpc) is 3.45. The third-order valence-corrected chi connectivity index (χ3v) is 5.67. The van der Waals surface area contributed by atoms with Gasteiger partial charge in [0.1, 0.15) is 17.8 Å². The number of hydrogen-bond donors (Lipinski definition) is 0. The van der Waals surface area contributed by atoms with E-state index in [1.54, 1.807) is 34.3 Å². The minimum atomic E-state index is -0.166. The first-order chi connectivity index (χ1) is 13.7. The highest BCUT2D eigenvalue weighted by molar-refractivity contribution is 9.10. The first-order valence-electron chi connectivity index (χ1n) is 8.38. The van der Waals surface area contributed by atoms with Gasteiger partial charge in [-0.2, -0.15) is 10.1 Å². The molecule has 1 aromatic carbocycles. The minimum absolute atomic E-state index is 0.166. The Morgan fingerprint density at radius 3 is 2.79 bits per heavy atom. The number of thiophene rings is 1. The van der Waals surface area contributed by atoms with Crippen LogP contribution in [0.25, 0.3) is 27.5 Å². The van der Waals surface area contributed by atoms with Gasteiger partial charge in [0.2, 0.25) is 11.7 Å². The van der Waals surface area contributed by atoms with Crippen LogP contribution in [0.3, 0.4) is 0 Å². The summed E-state index contributed by atoms with van der Waals surface area (Å²) in [7, 11) is 0. The molecule has 4 aromatic heterocycles. The second-order valence-electron chi connectivity index (χ2n) is 6.09. The topological polar surface area (TPSA) is 78.2 Å². The first-order valence-corrected chi connectivity index (χ1v) is 10.1. The van der Waals surface area contributed by atoms with Crippen molar-refractivity contribution in [1.29, 1.82) is 0 Å². The molecule has 0 bridgehead atoms. The van der Waals surface area contributed by atoms with Gasteiger partial charge in [0.25, 0.3) is 5.56 Å². The molecule has 0 saturated heterocycles. The summed E-state index contributed by atoms with van der Waals surface area (Å²) in [4.78, 5) is 18.3. The molecule has 0 fully saturated rings. The van der Waals surface area contributed by atoms with Crippen molar-refractivity contribution in [3.8, 4) is 22.0 Å². The molecule has 0 aliphatic carbocycles. The summed E-state index contributed by atoms with van der Waals surface area (Å²) in [6, 6.07) is 13.4. The second kappa shape index (κ2) is 6.84. The van der Waals surface area contributed by atoms with Crippen molar-refractivity contribution in [2.45, 2.75) is 6.54 Å². The molecule has 0 N–H and O–H groups in total. The Morgan fingerprint density at radius 1 is 1.14 bits per heavy atom. The molecule has 7 nitrogen and oxygen atoms in total. The normalized spacial score (nSPS) is 11.3. The number of fused-ring (bicyclic) bond motifs is 1. The van der Waals surface area contributed by atoms with Crippen molar-refractivity contribution < 1.29 is 4.52 Å². The van der Waals surface area contributed by atoms with E-state index in [4.69, 9.17) is 4.52 Å². The molecule has 4 heterocycles. The highest BCUT2D eigenvalue weighted by Gasteiger charge is 2.13. The summed E-state index contributed by atoms with van der Waals surface area (Å²) < 4.78 is 9.43. The summed E-state index contributed by atoms with van der Waals surface area (Å²) in [5.74, 6) is 0.850. The van der Waals surface area contributed by atoms with E-state index in [-0.39, 0.29) is 12.1 Å². The standard InChI is InChI=1S/C19H12BrN5O2S/c20-13-5-3-12(4-6-13)18-21-17(27-23-18)11-24-7-8-25-15(19(24)26)10-14(22-25)16-2-1-9-28-16/h1-10H,11H2. The Balaban J connectivity index is 1.46. The number of nitrogens with zero attached hydrogens (tertiary/aromatic N) is 5. The van der Waals surface area contributed by atoms with Gasteiger partial charge in [0, 0.05) is 22.4 Å². The quantitative estimate of drug-likeness (QED) is 0.409. The van der Waals surface area contributed by atoms with Gasteiger partial charge in [-0.3, -0.25) is 4.79 Å². The molecule has 0 radical (unpaired) electrons. The lowest BCUT2D eigenvalue weighted by atomic mass is 10.2. The van der Waals surface area contributed by atoms with E-state index in [2.05, 4.69) is 31.2 Å². The zero-order valence-corrected chi connectivity index (χ0v) is 16.7. The number of rotatable bonds is 4. The van der Waals surface area contributed by atoms with Gasteiger partial charge in [0.15, 0.2) is 0 Å². The second-order valence-corrected chi connectivity index (χ2v) is 7.95. The van der Waals surface area contributed by atoms with Crippen molar-refractivity contribution in [3.05, 3.63) is 81.0 Å². The first kappa shape index (κ1) is 17.1. The van der Waals surface area contributed by atoms with Gasteiger partial charge in [-0.25, -0.2) is 4.52 Å². The fraction of sp³-hybridized carbons (Fsp3) is 0.0526. The van der Waals surface area contributed by atoms with Crippen LogP contribution in [0.2, 0.25) is 0 Å². The van der Waals surface area contributed by atoms with Crippen LogP contribution in [-0.4, -0.2) is 24.3 Å². The summed E-state index contributed by atoms with van der Waals surface area (Å²) >= 11 is 4.99. The zero-order valence-electron chi connectivity index (χ0n) is 14.3. The van der Waals surface area contributed by atoms with Gasteiger partial charge in [-0.1, -0.05) is 27.2 Å². The van der Waals surface area contributed by atoms with Gasteiger partial charge >= 0.3 is 0 Å². The predicted molar refractivity (Wildman–Crippen MR) is 109 cm³/mol. The summed E-state index contributed by atoms with van der Waals surface area (Å²) in [5.41, 5.74) is 1.96. The molecule has 0 amide bonds. The van der Waals surface area contributed by atoms with Crippen molar-refractivity contribution >= 4 is 32.8 Å². The Morgan fingerprint density at radius 2 is 2.00 bits per heavy atom. The number of hydrogen-bond acceptors (Lipinski definition) is 6. The number of aromatic nitrogens is 5. The largest absolute Gasteiger partial charge is 0.337 e. The van der Waals surface area contributed by atoms with E-state index in [1.165, 1.54) is 4.57 Å². The van der Waals surface area contributed by atoms with Crippen LogP contribution < -0.4 is 5.56 Å². The molecule has 5 aromatic rings. The Bertz CT molecular complexity index is 1320. The molecule has 0 unspecified atom stereocenters. The number of halogens is 1. The summed E-state index contributed by atoms with van der Waals surface area (Å²) in [6.07, 6.45) is 3.42. The predicted octanol–water partition coefficient (Wildman–Crippen LogP) is 4.09. The average molecular weight is 454 g/mol. The smallest absolute Gasteiger partial charge is 0.277 e. The lowest BCUT2D eigenvalue weighted by Crippen LogP contribution is -2.21. The highest BCUT2D eigenvalue weighted by Crippen LogP contribution is 2.23. The monoisotopic (exact) mass is 453 g/mol. The van der Waals surface area contributed by atoms with Crippen LogP contribution in [0.15, 0.2) is 74.0 Å². The highest BCUT2D eigenvalue weighted by atomic mass is 79.9. The Kier molecular flexibility index (Phi) is 4.18. The summed E-state index contributed by atoms with van der Waals surface area (Å²) in [6.45, 7) is 0.193. The molecule has 0 aliphatic heterocycles. The maximum atomic E-state index is 12.8. The molecule has 138 valence electrons. The van der Waals surface area contributed by atoms with Gasteiger partial charge in [-0.05, 0) is 41.8 Å². The van der Waals surface area contributed by atoms with E-state index >= 15 is 0 Å². The van der Waals surface area contributed by atoms with Crippen LogP contribution >= 0.6 is 27.3 Å². The van der Waals surface area contributed by atoms with E-state index in [9.17, 15) is 4.79 Å². The van der Waals surface area contributed by atoms with E-state index in [1.807, 2.05) is 41.8 Å². The third kappa shape index (κ3) is 3.08. The van der Waals surface area contributed by atoms with Gasteiger partial charge in [0.05, 0.1) is 4.88 Å². The molecular weight excluding hydrogens is 442 g/mol. The van der Waals surface area contributed by atoms with Crippen LogP contribution in [-0.2, 0) is 6.54 Å². The molecule has 0 saturated carbocycles. The van der Waals surface area contributed by atoms with E-state index < -0.39 is 0 Å². The van der Waals surface area contributed by atoms with Gasteiger partial charge in [-0.15, -0.1) is 11.3 Å². The summed E-state index contributed by atoms with van der Waals surface area (Å²) in [5, 5.41) is 10.5. The van der Waals surface area contributed by atoms with Crippen LogP contribution in [0.5, 0.6) is 0 Å².